The Morgan fingerprint density at radius 3 is 3.08 bits per heavy atom. The second kappa shape index (κ2) is 3.16. The van der Waals surface area contributed by atoms with Crippen molar-refractivity contribution in [3.05, 3.63) is 0 Å². The van der Waals surface area contributed by atoms with E-state index in [9.17, 15) is 4.89 Å². The van der Waals surface area contributed by atoms with Crippen molar-refractivity contribution >= 4 is 8.53 Å². The van der Waals surface area contributed by atoms with Crippen LogP contribution in [0.25, 0.3) is 0 Å². The van der Waals surface area contributed by atoms with E-state index >= 15 is 0 Å². The van der Waals surface area contributed by atoms with Crippen molar-refractivity contribution < 1.29 is 9.42 Å². The molecule has 4 atom stereocenters. The van der Waals surface area contributed by atoms with E-state index in [1.54, 1.807) is 0 Å². The lowest BCUT2D eigenvalue weighted by atomic mass is 9.85. The Morgan fingerprint density at radius 1 is 1.31 bits per heavy atom. The van der Waals surface area contributed by atoms with E-state index in [-0.39, 0.29) is 0 Å². The second-order valence-corrected chi connectivity index (χ2v) is 5.66. The maximum atomic E-state index is 9.71. The normalized spacial score (nSPS) is 50.5. The minimum absolute atomic E-state index is 0.546. The smallest absolute Gasteiger partial charge is 0.256 e. The summed E-state index contributed by atoms with van der Waals surface area (Å²) in [6.45, 7) is 0.773. The molecule has 0 aromatic heterocycles. The largest absolute Gasteiger partial charge is 0.338 e. The molecule has 0 spiro atoms. The zero-order valence-electron chi connectivity index (χ0n) is 7.72. The minimum atomic E-state index is -1.22. The first-order chi connectivity index (χ1) is 6.36. The molecule has 2 saturated heterocycles. The van der Waals surface area contributed by atoms with Gasteiger partial charge in [-0.25, -0.2) is 4.67 Å². The fourth-order valence-corrected chi connectivity index (χ4v) is 4.61. The van der Waals surface area contributed by atoms with E-state index < -0.39 is 8.53 Å². The van der Waals surface area contributed by atoms with Crippen molar-refractivity contribution in [1.82, 2.24) is 4.67 Å². The molecule has 0 aromatic rings. The molecule has 2 unspecified atom stereocenters. The van der Waals surface area contributed by atoms with E-state index in [0.29, 0.717) is 12.1 Å². The SMILES string of the molecule is OP1OCC2C[C@@H]3CCCC[C@@H]3N21. The quantitative estimate of drug-likeness (QED) is 0.607. The highest BCUT2D eigenvalue weighted by molar-refractivity contribution is 7.43. The van der Waals surface area contributed by atoms with Gasteiger partial charge >= 0.3 is 0 Å². The van der Waals surface area contributed by atoms with Crippen molar-refractivity contribution in [3.8, 4) is 0 Å². The molecule has 1 N–H and O–H groups in total. The van der Waals surface area contributed by atoms with E-state index in [1.165, 1.54) is 32.1 Å². The monoisotopic (exact) mass is 201 g/mol. The molecule has 13 heavy (non-hydrogen) atoms. The highest BCUT2D eigenvalue weighted by Gasteiger charge is 2.49. The Morgan fingerprint density at radius 2 is 2.15 bits per heavy atom. The fourth-order valence-electron chi connectivity index (χ4n) is 3.17. The third-order valence-electron chi connectivity index (χ3n) is 3.74. The van der Waals surface area contributed by atoms with Gasteiger partial charge in [0.2, 0.25) is 0 Å². The zero-order valence-corrected chi connectivity index (χ0v) is 8.62. The van der Waals surface area contributed by atoms with Crippen LogP contribution >= 0.6 is 8.53 Å². The van der Waals surface area contributed by atoms with Gasteiger partial charge in [0.05, 0.1) is 6.61 Å². The summed E-state index contributed by atoms with van der Waals surface area (Å²) in [6.07, 6.45) is 6.66. The zero-order chi connectivity index (χ0) is 8.84. The van der Waals surface area contributed by atoms with Crippen LogP contribution in [0.3, 0.4) is 0 Å². The first-order valence-electron chi connectivity index (χ1n) is 5.26. The van der Waals surface area contributed by atoms with Gasteiger partial charge in [0.1, 0.15) is 0 Å². The molecular formula is C9H16NO2P. The summed E-state index contributed by atoms with van der Waals surface area (Å²) in [4.78, 5) is 9.71. The van der Waals surface area contributed by atoms with Crippen LogP contribution in [0, 0.1) is 5.92 Å². The van der Waals surface area contributed by atoms with Gasteiger partial charge < -0.3 is 9.42 Å². The van der Waals surface area contributed by atoms with E-state index in [1.807, 2.05) is 0 Å². The molecular weight excluding hydrogens is 185 g/mol. The van der Waals surface area contributed by atoms with E-state index in [4.69, 9.17) is 4.52 Å². The lowest BCUT2D eigenvalue weighted by Gasteiger charge is -2.31. The second-order valence-electron chi connectivity index (χ2n) is 4.43. The standard InChI is InChI=1S/C9H16NO2P/c11-13-10-8(6-12-13)5-7-3-1-2-4-9(7)10/h7-9,11H,1-6H2/t7-,8?,9-,13?/m0/s1. The van der Waals surface area contributed by atoms with Gasteiger partial charge in [0, 0.05) is 12.1 Å². The van der Waals surface area contributed by atoms with Crippen molar-refractivity contribution in [2.75, 3.05) is 6.61 Å². The van der Waals surface area contributed by atoms with Crippen LogP contribution in [0.15, 0.2) is 0 Å². The van der Waals surface area contributed by atoms with Gasteiger partial charge in [-0.15, -0.1) is 0 Å². The molecule has 0 bridgehead atoms. The molecule has 1 saturated carbocycles. The van der Waals surface area contributed by atoms with Gasteiger partial charge in [-0.3, -0.25) is 0 Å². The number of hydrogen-bond donors (Lipinski definition) is 1. The molecule has 0 aromatic carbocycles. The minimum Gasteiger partial charge on any atom is -0.338 e. The molecule has 74 valence electrons. The molecule has 3 nitrogen and oxygen atoms in total. The Hall–Kier alpha value is 0.310. The van der Waals surface area contributed by atoms with Crippen molar-refractivity contribution in [3.63, 3.8) is 0 Å². The average molecular weight is 201 g/mol. The third-order valence-corrected chi connectivity index (χ3v) is 5.14. The summed E-state index contributed by atoms with van der Waals surface area (Å²) in [5.74, 6) is 0.861. The van der Waals surface area contributed by atoms with Crippen LogP contribution in [-0.2, 0) is 4.52 Å². The van der Waals surface area contributed by atoms with Crippen LogP contribution in [0.5, 0.6) is 0 Å². The maximum absolute atomic E-state index is 9.71. The summed E-state index contributed by atoms with van der Waals surface area (Å²) >= 11 is 0. The van der Waals surface area contributed by atoms with Gasteiger partial charge in [-0.2, -0.15) is 0 Å². The van der Waals surface area contributed by atoms with Gasteiger partial charge in [-0.05, 0) is 25.2 Å². The summed E-state index contributed by atoms with van der Waals surface area (Å²) in [7, 11) is -1.22. The summed E-state index contributed by atoms with van der Waals surface area (Å²) in [5.41, 5.74) is 0. The Bertz CT molecular complexity index is 212. The van der Waals surface area contributed by atoms with Gasteiger partial charge in [-0.1, -0.05) is 12.8 Å². The summed E-state index contributed by atoms with van der Waals surface area (Å²) < 4.78 is 7.59. The number of hydrogen-bond acceptors (Lipinski definition) is 3. The van der Waals surface area contributed by atoms with Crippen LogP contribution in [0.1, 0.15) is 32.1 Å². The first-order valence-corrected chi connectivity index (χ1v) is 6.43. The van der Waals surface area contributed by atoms with Crippen LogP contribution in [0.2, 0.25) is 0 Å². The van der Waals surface area contributed by atoms with E-state index in [0.717, 1.165) is 12.5 Å². The lowest BCUT2D eigenvalue weighted by Crippen LogP contribution is -2.32. The molecule has 3 rings (SSSR count). The molecule has 0 radical (unpaired) electrons. The Kier molecular flexibility index (Phi) is 2.09. The number of rotatable bonds is 0. The molecule has 1 aliphatic carbocycles. The number of nitrogens with zero attached hydrogens (tertiary/aromatic N) is 1. The summed E-state index contributed by atoms with van der Waals surface area (Å²) in [5, 5.41) is 0. The molecule has 4 heteroatoms. The predicted octanol–water partition coefficient (Wildman–Crippen LogP) is 1.87. The third kappa shape index (κ3) is 1.25. The highest BCUT2D eigenvalue weighted by Crippen LogP contribution is 2.55. The molecule has 0 amide bonds. The van der Waals surface area contributed by atoms with E-state index in [2.05, 4.69) is 4.67 Å². The van der Waals surface area contributed by atoms with Crippen molar-refractivity contribution in [2.45, 2.75) is 44.2 Å². The molecule has 3 aliphatic rings. The van der Waals surface area contributed by atoms with Crippen molar-refractivity contribution in [2.24, 2.45) is 5.92 Å². The van der Waals surface area contributed by atoms with Crippen LogP contribution in [0.4, 0.5) is 0 Å². The molecule has 3 fully saturated rings. The predicted molar refractivity (Wildman–Crippen MR) is 51.1 cm³/mol. The topological polar surface area (TPSA) is 32.7 Å². The Labute approximate surface area is 80.0 Å². The van der Waals surface area contributed by atoms with Gasteiger partial charge in [0.15, 0.2) is 0 Å². The van der Waals surface area contributed by atoms with Gasteiger partial charge in [0.25, 0.3) is 8.53 Å². The fraction of sp³-hybridized carbons (Fsp3) is 1.00. The van der Waals surface area contributed by atoms with Crippen molar-refractivity contribution in [1.29, 1.82) is 0 Å². The molecule has 2 aliphatic heterocycles. The highest BCUT2D eigenvalue weighted by atomic mass is 31.2. The Balaban J connectivity index is 1.81. The first kappa shape index (κ1) is 8.60. The molecule has 2 heterocycles. The average Bonchev–Trinajstić information content (AvgIpc) is 2.66. The van der Waals surface area contributed by atoms with Crippen LogP contribution < -0.4 is 0 Å². The van der Waals surface area contributed by atoms with Crippen LogP contribution in [-0.4, -0.2) is 28.3 Å². The maximum Gasteiger partial charge on any atom is 0.256 e. The number of fused-ring (bicyclic) bond motifs is 3. The lowest BCUT2D eigenvalue weighted by molar-refractivity contribution is 0.248. The summed E-state index contributed by atoms with van der Waals surface area (Å²) in [6, 6.07) is 1.20.